The lowest BCUT2D eigenvalue weighted by molar-refractivity contribution is -0.107. The molecule has 2 aliphatic heterocycles. The Balaban J connectivity index is 1.79. The minimum atomic E-state index is 0.351. The van der Waals surface area contributed by atoms with Gasteiger partial charge in [-0.05, 0) is 47.1 Å². The summed E-state index contributed by atoms with van der Waals surface area (Å²) < 4.78 is 12.2. The van der Waals surface area contributed by atoms with Gasteiger partial charge in [0.2, 0.25) is 0 Å². The van der Waals surface area contributed by atoms with Crippen LogP contribution in [0.25, 0.3) is 0 Å². The van der Waals surface area contributed by atoms with Gasteiger partial charge in [0.25, 0.3) is 0 Å². The zero-order chi connectivity index (χ0) is 15.4. The SMILES string of the molecule is CCN1C[C@@H](CC[C@H]2CN(C(C)C)C[C@@H](C)O2)O[C@H](C)C1. The van der Waals surface area contributed by atoms with Crippen LogP contribution in [-0.4, -0.2) is 73.0 Å². The highest BCUT2D eigenvalue weighted by atomic mass is 16.5. The molecule has 0 unspecified atom stereocenters. The minimum absolute atomic E-state index is 0.351. The van der Waals surface area contributed by atoms with Crippen LogP contribution in [-0.2, 0) is 9.47 Å². The lowest BCUT2D eigenvalue weighted by Gasteiger charge is -2.40. The van der Waals surface area contributed by atoms with Crippen LogP contribution in [0.3, 0.4) is 0 Å². The first kappa shape index (κ1) is 17.2. The van der Waals surface area contributed by atoms with Crippen LogP contribution in [0.1, 0.15) is 47.5 Å². The highest BCUT2D eigenvalue weighted by Crippen LogP contribution is 2.21. The van der Waals surface area contributed by atoms with E-state index >= 15 is 0 Å². The van der Waals surface area contributed by atoms with Crippen molar-refractivity contribution in [2.75, 3.05) is 32.7 Å². The third-order valence-corrected chi connectivity index (χ3v) is 4.74. The number of hydrogen-bond acceptors (Lipinski definition) is 4. The average molecular weight is 298 g/mol. The molecule has 0 aromatic heterocycles. The molecule has 124 valence electrons. The molecule has 0 N–H and O–H groups in total. The Morgan fingerprint density at radius 3 is 2.05 bits per heavy atom. The third kappa shape index (κ3) is 5.20. The molecule has 0 bridgehead atoms. The van der Waals surface area contributed by atoms with Crippen molar-refractivity contribution in [2.24, 2.45) is 0 Å². The van der Waals surface area contributed by atoms with Gasteiger partial charge in [-0.2, -0.15) is 0 Å². The fourth-order valence-corrected chi connectivity index (χ4v) is 3.59. The van der Waals surface area contributed by atoms with Gasteiger partial charge >= 0.3 is 0 Å². The van der Waals surface area contributed by atoms with Crippen molar-refractivity contribution < 1.29 is 9.47 Å². The van der Waals surface area contributed by atoms with Crippen molar-refractivity contribution in [3.05, 3.63) is 0 Å². The molecule has 2 aliphatic rings. The lowest BCUT2D eigenvalue weighted by Crippen LogP contribution is -2.50. The summed E-state index contributed by atoms with van der Waals surface area (Å²) in [4.78, 5) is 5.05. The first-order valence-corrected chi connectivity index (χ1v) is 8.75. The Morgan fingerprint density at radius 1 is 0.905 bits per heavy atom. The van der Waals surface area contributed by atoms with Gasteiger partial charge in [-0.1, -0.05) is 6.92 Å². The first-order chi connectivity index (χ1) is 9.97. The zero-order valence-corrected chi connectivity index (χ0v) is 14.5. The molecule has 2 fully saturated rings. The third-order valence-electron chi connectivity index (χ3n) is 4.74. The monoisotopic (exact) mass is 298 g/mol. The smallest absolute Gasteiger partial charge is 0.0707 e. The largest absolute Gasteiger partial charge is 0.373 e. The molecule has 2 saturated heterocycles. The van der Waals surface area contributed by atoms with Gasteiger partial charge < -0.3 is 9.47 Å². The van der Waals surface area contributed by atoms with Gasteiger partial charge in [0.05, 0.1) is 24.4 Å². The molecular weight excluding hydrogens is 264 g/mol. The predicted octanol–water partition coefficient (Wildman–Crippen LogP) is 2.37. The summed E-state index contributed by atoms with van der Waals surface area (Å²) in [5, 5.41) is 0. The molecule has 21 heavy (non-hydrogen) atoms. The molecule has 4 nitrogen and oxygen atoms in total. The van der Waals surface area contributed by atoms with Crippen molar-refractivity contribution in [3.63, 3.8) is 0 Å². The Bertz CT molecular complexity index is 311. The van der Waals surface area contributed by atoms with E-state index in [4.69, 9.17) is 9.47 Å². The van der Waals surface area contributed by atoms with Crippen molar-refractivity contribution in [2.45, 2.75) is 77.9 Å². The first-order valence-electron chi connectivity index (χ1n) is 8.75. The van der Waals surface area contributed by atoms with E-state index in [0.29, 0.717) is 30.5 Å². The van der Waals surface area contributed by atoms with Gasteiger partial charge in [-0.3, -0.25) is 9.80 Å². The predicted molar refractivity (Wildman–Crippen MR) is 86.7 cm³/mol. The summed E-state index contributed by atoms with van der Waals surface area (Å²) in [5.74, 6) is 0. The molecule has 4 atom stereocenters. The highest BCUT2D eigenvalue weighted by Gasteiger charge is 2.29. The van der Waals surface area contributed by atoms with Crippen molar-refractivity contribution >= 4 is 0 Å². The summed E-state index contributed by atoms with van der Waals surface area (Å²) in [6.45, 7) is 16.6. The quantitative estimate of drug-likeness (QED) is 0.778. The molecule has 0 aromatic rings. The second-order valence-electron chi connectivity index (χ2n) is 7.11. The van der Waals surface area contributed by atoms with E-state index < -0.39 is 0 Å². The van der Waals surface area contributed by atoms with Crippen LogP contribution in [0.2, 0.25) is 0 Å². The van der Waals surface area contributed by atoms with E-state index in [1.807, 2.05) is 0 Å². The number of hydrogen-bond donors (Lipinski definition) is 0. The summed E-state index contributed by atoms with van der Waals surface area (Å²) in [6.07, 6.45) is 3.69. The van der Waals surface area contributed by atoms with Crippen LogP contribution >= 0.6 is 0 Å². The van der Waals surface area contributed by atoms with Crippen LogP contribution in [0.4, 0.5) is 0 Å². The number of rotatable bonds is 5. The Kier molecular flexibility index (Phi) is 6.48. The summed E-state index contributed by atoms with van der Waals surface area (Å²) >= 11 is 0. The Labute approximate surface area is 130 Å². The molecule has 4 heteroatoms. The van der Waals surface area contributed by atoms with Crippen LogP contribution in [0, 0.1) is 0 Å². The second-order valence-corrected chi connectivity index (χ2v) is 7.11. The standard InChI is InChI=1S/C17H34N2O2/c1-6-18-9-14(4)20-16(11-18)7-8-17-12-19(13(2)3)10-15(5)21-17/h13-17H,6-12H2,1-5H3/t14-,15-,16-,17+/m1/s1. The maximum atomic E-state index is 6.13. The fourth-order valence-electron chi connectivity index (χ4n) is 3.59. The van der Waals surface area contributed by atoms with Gasteiger partial charge in [-0.25, -0.2) is 0 Å². The van der Waals surface area contributed by atoms with E-state index in [1.54, 1.807) is 0 Å². The molecular formula is C17H34N2O2. The summed E-state index contributed by atoms with van der Waals surface area (Å²) in [7, 11) is 0. The van der Waals surface area contributed by atoms with Crippen LogP contribution in [0.15, 0.2) is 0 Å². The number of nitrogens with zero attached hydrogens (tertiary/aromatic N) is 2. The molecule has 2 heterocycles. The topological polar surface area (TPSA) is 24.9 Å². The minimum Gasteiger partial charge on any atom is -0.373 e. The molecule has 0 aliphatic carbocycles. The van der Waals surface area contributed by atoms with E-state index in [2.05, 4.69) is 44.4 Å². The molecule has 0 spiro atoms. The Hall–Kier alpha value is -0.160. The van der Waals surface area contributed by atoms with Crippen molar-refractivity contribution in [3.8, 4) is 0 Å². The molecule has 0 amide bonds. The van der Waals surface area contributed by atoms with Gasteiger partial charge in [-0.15, -0.1) is 0 Å². The fraction of sp³-hybridized carbons (Fsp3) is 1.00. The number of likely N-dealkylation sites (N-methyl/N-ethyl adjacent to an activating group) is 1. The lowest BCUT2D eigenvalue weighted by atomic mass is 10.0. The summed E-state index contributed by atoms with van der Waals surface area (Å²) in [6, 6.07) is 0.611. The van der Waals surface area contributed by atoms with E-state index in [-0.39, 0.29) is 0 Å². The van der Waals surface area contributed by atoms with Crippen molar-refractivity contribution in [1.82, 2.24) is 9.80 Å². The van der Waals surface area contributed by atoms with E-state index in [1.165, 1.54) is 0 Å². The van der Waals surface area contributed by atoms with E-state index in [0.717, 1.165) is 45.6 Å². The van der Waals surface area contributed by atoms with Crippen molar-refractivity contribution in [1.29, 1.82) is 0 Å². The maximum absolute atomic E-state index is 6.13. The average Bonchev–Trinajstić information content (AvgIpc) is 2.44. The Morgan fingerprint density at radius 2 is 1.48 bits per heavy atom. The number of morpholine rings is 2. The van der Waals surface area contributed by atoms with Gasteiger partial charge in [0.1, 0.15) is 0 Å². The highest BCUT2D eigenvalue weighted by molar-refractivity contribution is 4.81. The molecule has 0 saturated carbocycles. The number of ether oxygens (including phenoxy) is 2. The molecule has 0 aromatic carbocycles. The van der Waals surface area contributed by atoms with Crippen LogP contribution < -0.4 is 0 Å². The molecule has 2 rings (SSSR count). The normalized spacial score (nSPS) is 36.3. The summed E-state index contributed by atoms with van der Waals surface area (Å²) in [5.41, 5.74) is 0. The van der Waals surface area contributed by atoms with Gasteiger partial charge in [0, 0.05) is 32.2 Å². The second kappa shape index (κ2) is 7.91. The van der Waals surface area contributed by atoms with Crippen LogP contribution in [0.5, 0.6) is 0 Å². The maximum Gasteiger partial charge on any atom is 0.0707 e. The molecule has 0 radical (unpaired) electrons. The van der Waals surface area contributed by atoms with E-state index in [9.17, 15) is 0 Å². The van der Waals surface area contributed by atoms with Gasteiger partial charge in [0.15, 0.2) is 0 Å². The zero-order valence-electron chi connectivity index (χ0n) is 14.5.